The fourth-order valence-corrected chi connectivity index (χ4v) is 1.78. The number of hydrogen-bond acceptors (Lipinski definition) is 4. The Morgan fingerprint density at radius 3 is 2.80 bits per heavy atom. The fraction of sp³-hybridized carbons (Fsp3) is 0.308. The molecule has 0 aliphatic heterocycles. The molecule has 0 atom stereocenters. The predicted molar refractivity (Wildman–Crippen MR) is 77.6 cm³/mol. The molecule has 0 saturated carbocycles. The van der Waals surface area contributed by atoms with Gasteiger partial charge in [0.1, 0.15) is 0 Å². The molecule has 0 aliphatic carbocycles. The van der Waals surface area contributed by atoms with Crippen molar-refractivity contribution in [2.45, 2.75) is 13.0 Å². The molecular formula is C13H16ClN5O. The molecule has 2 rings (SSSR count). The zero-order chi connectivity index (χ0) is 14.2. The Balaban J connectivity index is 1.59. The monoisotopic (exact) mass is 293 g/mol. The normalized spacial score (nSPS) is 10.4. The van der Waals surface area contributed by atoms with Gasteiger partial charge in [0, 0.05) is 23.5 Å². The standard InChI is InChI=1S/C13H16ClN5O/c14-11-2-4-12(5-3-11)17-13(20)10-15-6-1-8-19-9-7-16-18-19/h2-5,7,9,15H,1,6,8,10H2,(H,17,20). The number of nitrogens with one attached hydrogen (secondary N) is 2. The third-order valence-corrected chi connectivity index (χ3v) is 2.88. The number of nitrogens with zero attached hydrogens (tertiary/aromatic N) is 3. The molecule has 2 aromatic rings. The number of halogens is 1. The van der Waals surface area contributed by atoms with Gasteiger partial charge in [-0.2, -0.15) is 0 Å². The summed E-state index contributed by atoms with van der Waals surface area (Å²) in [5.41, 5.74) is 0.740. The van der Waals surface area contributed by atoms with Crippen LogP contribution in [0.2, 0.25) is 5.02 Å². The molecule has 0 radical (unpaired) electrons. The summed E-state index contributed by atoms with van der Waals surface area (Å²) in [4.78, 5) is 11.7. The SMILES string of the molecule is O=C(CNCCCn1ccnn1)Nc1ccc(Cl)cc1. The third kappa shape index (κ3) is 4.99. The number of hydrogen-bond donors (Lipinski definition) is 2. The van der Waals surface area contributed by atoms with E-state index in [0.717, 1.165) is 25.2 Å². The van der Waals surface area contributed by atoms with E-state index in [0.29, 0.717) is 5.02 Å². The van der Waals surface area contributed by atoms with Crippen molar-refractivity contribution < 1.29 is 4.79 Å². The van der Waals surface area contributed by atoms with Crippen LogP contribution < -0.4 is 10.6 Å². The predicted octanol–water partition coefficient (Wildman–Crippen LogP) is 1.55. The summed E-state index contributed by atoms with van der Waals surface area (Å²) in [7, 11) is 0. The number of carbonyl (C=O) groups excluding carboxylic acids is 1. The van der Waals surface area contributed by atoms with Crippen LogP contribution >= 0.6 is 11.6 Å². The van der Waals surface area contributed by atoms with Crippen molar-refractivity contribution in [1.82, 2.24) is 20.3 Å². The van der Waals surface area contributed by atoms with Crippen molar-refractivity contribution in [3.8, 4) is 0 Å². The number of benzene rings is 1. The molecule has 6 nitrogen and oxygen atoms in total. The van der Waals surface area contributed by atoms with Crippen molar-refractivity contribution in [3.63, 3.8) is 0 Å². The zero-order valence-electron chi connectivity index (χ0n) is 10.9. The molecule has 0 spiro atoms. The van der Waals surface area contributed by atoms with Gasteiger partial charge in [0.25, 0.3) is 0 Å². The molecule has 0 fully saturated rings. The Labute approximate surface area is 122 Å². The van der Waals surface area contributed by atoms with Gasteiger partial charge in [-0.05, 0) is 37.2 Å². The van der Waals surface area contributed by atoms with Crippen LogP contribution in [-0.2, 0) is 11.3 Å². The van der Waals surface area contributed by atoms with Gasteiger partial charge in [-0.1, -0.05) is 16.8 Å². The highest BCUT2D eigenvalue weighted by molar-refractivity contribution is 6.30. The van der Waals surface area contributed by atoms with Gasteiger partial charge in [-0.3, -0.25) is 9.48 Å². The van der Waals surface area contributed by atoms with Crippen LogP contribution in [0.5, 0.6) is 0 Å². The molecule has 1 aromatic heterocycles. The van der Waals surface area contributed by atoms with Crippen molar-refractivity contribution in [1.29, 1.82) is 0 Å². The highest BCUT2D eigenvalue weighted by Gasteiger charge is 2.01. The molecule has 0 aliphatic rings. The summed E-state index contributed by atoms with van der Waals surface area (Å²) in [5.74, 6) is -0.0759. The van der Waals surface area contributed by atoms with Gasteiger partial charge in [-0.25, -0.2) is 0 Å². The van der Waals surface area contributed by atoms with Crippen LogP contribution in [0, 0.1) is 0 Å². The first-order valence-electron chi connectivity index (χ1n) is 6.34. The molecule has 0 saturated heterocycles. The zero-order valence-corrected chi connectivity index (χ0v) is 11.7. The molecule has 1 aromatic carbocycles. The van der Waals surface area contributed by atoms with Crippen LogP contribution in [0.4, 0.5) is 5.69 Å². The second-order valence-electron chi connectivity index (χ2n) is 4.25. The van der Waals surface area contributed by atoms with Gasteiger partial charge in [0.15, 0.2) is 0 Å². The molecule has 1 amide bonds. The molecule has 1 heterocycles. The minimum atomic E-state index is -0.0759. The quantitative estimate of drug-likeness (QED) is 0.760. The van der Waals surface area contributed by atoms with E-state index in [1.165, 1.54) is 0 Å². The smallest absolute Gasteiger partial charge is 0.238 e. The maximum Gasteiger partial charge on any atom is 0.238 e. The second kappa shape index (κ2) is 7.62. The molecule has 0 unspecified atom stereocenters. The minimum Gasteiger partial charge on any atom is -0.325 e. The van der Waals surface area contributed by atoms with E-state index in [1.54, 1.807) is 35.1 Å². The maximum atomic E-state index is 11.7. The first-order valence-corrected chi connectivity index (χ1v) is 6.72. The minimum absolute atomic E-state index is 0.0759. The number of anilines is 1. The fourth-order valence-electron chi connectivity index (χ4n) is 1.66. The van der Waals surface area contributed by atoms with Crippen molar-refractivity contribution in [2.75, 3.05) is 18.4 Å². The van der Waals surface area contributed by atoms with E-state index >= 15 is 0 Å². The largest absolute Gasteiger partial charge is 0.325 e. The topological polar surface area (TPSA) is 71.8 Å². The average molecular weight is 294 g/mol. The lowest BCUT2D eigenvalue weighted by Gasteiger charge is -2.06. The van der Waals surface area contributed by atoms with Crippen molar-refractivity contribution >= 4 is 23.2 Å². The second-order valence-corrected chi connectivity index (χ2v) is 4.69. The van der Waals surface area contributed by atoms with Gasteiger partial charge in [-0.15, -0.1) is 5.10 Å². The molecular weight excluding hydrogens is 278 g/mol. The first kappa shape index (κ1) is 14.5. The molecule has 20 heavy (non-hydrogen) atoms. The Morgan fingerprint density at radius 1 is 1.30 bits per heavy atom. The van der Waals surface area contributed by atoms with E-state index < -0.39 is 0 Å². The third-order valence-electron chi connectivity index (χ3n) is 2.63. The van der Waals surface area contributed by atoms with Gasteiger partial charge in [0.05, 0.1) is 12.7 Å². The van der Waals surface area contributed by atoms with Crippen LogP contribution in [-0.4, -0.2) is 34.0 Å². The summed E-state index contributed by atoms with van der Waals surface area (Å²) >= 11 is 5.77. The number of rotatable bonds is 7. The van der Waals surface area contributed by atoms with Gasteiger partial charge in [0.2, 0.25) is 5.91 Å². The Bertz CT molecular complexity index is 526. The van der Waals surface area contributed by atoms with Crippen molar-refractivity contribution in [2.24, 2.45) is 0 Å². The van der Waals surface area contributed by atoms with E-state index in [1.807, 2.05) is 6.20 Å². The number of aryl methyl sites for hydroxylation is 1. The highest BCUT2D eigenvalue weighted by atomic mass is 35.5. The van der Waals surface area contributed by atoms with Crippen molar-refractivity contribution in [3.05, 3.63) is 41.7 Å². The van der Waals surface area contributed by atoms with Gasteiger partial charge < -0.3 is 10.6 Å². The summed E-state index contributed by atoms with van der Waals surface area (Å²) in [6.07, 6.45) is 4.35. The van der Waals surface area contributed by atoms with Crippen LogP contribution in [0.1, 0.15) is 6.42 Å². The number of amides is 1. The molecule has 7 heteroatoms. The molecule has 106 valence electrons. The summed E-state index contributed by atoms with van der Waals surface area (Å²) < 4.78 is 1.76. The van der Waals surface area contributed by atoms with Gasteiger partial charge >= 0.3 is 0 Å². The molecule has 2 N–H and O–H groups in total. The van der Waals surface area contributed by atoms with Crippen LogP contribution in [0.15, 0.2) is 36.7 Å². The number of carbonyl (C=O) groups is 1. The van der Waals surface area contributed by atoms with E-state index in [2.05, 4.69) is 20.9 Å². The maximum absolute atomic E-state index is 11.7. The van der Waals surface area contributed by atoms with E-state index in [4.69, 9.17) is 11.6 Å². The van der Waals surface area contributed by atoms with E-state index in [-0.39, 0.29) is 12.5 Å². The first-order chi connectivity index (χ1) is 9.74. The summed E-state index contributed by atoms with van der Waals surface area (Å²) in [6, 6.07) is 7.02. The summed E-state index contributed by atoms with van der Waals surface area (Å²) in [5, 5.41) is 14.1. The summed E-state index contributed by atoms with van der Waals surface area (Å²) in [6.45, 7) is 1.81. The van der Waals surface area contributed by atoms with Crippen LogP contribution in [0.25, 0.3) is 0 Å². The lowest BCUT2D eigenvalue weighted by atomic mass is 10.3. The highest BCUT2D eigenvalue weighted by Crippen LogP contribution is 2.12. The Morgan fingerprint density at radius 2 is 2.10 bits per heavy atom. The van der Waals surface area contributed by atoms with Crippen LogP contribution in [0.3, 0.4) is 0 Å². The lowest BCUT2D eigenvalue weighted by molar-refractivity contribution is -0.115. The molecule has 0 bridgehead atoms. The lowest BCUT2D eigenvalue weighted by Crippen LogP contribution is -2.29. The Hall–Kier alpha value is -1.92. The average Bonchev–Trinajstić information content (AvgIpc) is 2.94. The number of aromatic nitrogens is 3. The Kier molecular flexibility index (Phi) is 5.52. The van der Waals surface area contributed by atoms with E-state index in [9.17, 15) is 4.79 Å².